The zero-order valence-electron chi connectivity index (χ0n) is 13.0. The van der Waals surface area contributed by atoms with Crippen LogP contribution in [0.4, 0.5) is 11.4 Å². The second kappa shape index (κ2) is 5.63. The minimum atomic E-state index is -0.429. The van der Waals surface area contributed by atoms with Crippen molar-refractivity contribution in [3.8, 4) is 5.75 Å². The molecule has 0 aliphatic carbocycles. The zero-order valence-corrected chi connectivity index (χ0v) is 13.0. The van der Waals surface area contributed by atoms with Crippen molar-refractivity contribution in [2.45, 2.75) is 12.8 Å². The molecule has 1 unspecified atom stereocenters. The molecule has 2 aromatic carbocycles. The van der Waals surface area contributed by atoms with Crippen molar-refractivity contribution >= 4 is 17.3 Å². The zero-order chi connectivity index (χ0) is 16.7. The Labute approximate surface area is 138 Å². The topological polar surface area (TPSA) is 72.7 Å². The van der Waals surface area contributed by atoms with E-state index in [1.54, 1.807) is 11.0 Å². The number of fused-ring (bicyclic) bond motifs is 2. The van der Waals surface area contributed by atoms with Crippen LogP contribution in [0.15, 0.2) is 42.5 Å². The quantitative estimate of drug-likeness (QED) is 0.629. The van der Waals surface area contributed by atoms with E-state index in [2.05, 4.69) is 0 Å². The van der Waals surface area contributed by atoms with E-state index < -0.39 is 4.92 Å². The molecule has 122 valence electrons. The first-order valence-corrected chi connectivity index (χ1v) is 7.93. The molecule has 6 heteroatoms. The lowest BCUT2D eigenvalue weighted by molar-refractivity contribution is -0.384. The van der Waals surface area contributed by atoms with Crippen LogP contribution < -0.4 is 9.64 Å². The van der Waals surface area contributed by atoms with Gasteiger partial charge in [0, 0.05) is 18.7 Å². The van der Waals surface area contributed by atoms with Gasteiger partial charge in [0.05, 0.1) is 16.5 Å². The van der Waals surface area contributed by atoms with Crippen LogP contribution in [0.2, 0.25) is 0 Å². The van der Waals surface area contributed by atoms with Crippen molar-refractivity contribution in [2.24, 2.45) is 5.92 Å². The monoisotopic (exact) mass is 324 g/mol. The number of carbonyl (C=O) groups excluding carboxylic acids is 1. The van der Waals surface area contributed by atoms with Crippen LogP contribution in [0.5, 0.6) is 5.75 Å². The maximum Gasteiger partial charge on any atom is 0.271 e. The van der Waals surface area contributed by atoms with Gasteiger partial charge in [-0.1, -0.05) is 24.3 Å². The van der Waals surface area contributed by atoms with E-state index in [1.807, 2.05) is 24.3 Å². The molecule has 6 nitrogen and oxygen atoms in total. The predicted molar refractivity (Wildman–Crippen MR) is 88.3 cm³/mol. The lowest BCUT2D eigenvalue weighted by atomic mass is 9.95. The summed E-state index contributed by atoms with van der Waals surface area (Å²) in [5.41, 5.74) is 2.68. The summed E-state index contributed by atoms with van der Waals surface area (Å²) in [7, 11) is 0. The van der Waals surface area contributed by atoms with Crippen molar-refractivity contribution in [3.63, 3.8) is 0 Å². The molecule has 2 aromatic rings. The Morgan fingerprint density at radius 1 is 1.21 bits per heavy atom. The predicted octanol–water partition coefficient (Wildman–Crippen LogP) is 2.74. The molecule has 0 aromatic heterocycles. The number of nitro groups is 1. The van der Waals surface area contributed by atoms with Gasteiger partial charge >= 0.3 is 0 Å². The average Bonchev–Trinajstić information content (AvgIpc) is 3.03. The Bertz CT molecular complexity index is 834. The van der Waals surface area contributed by atoms with Crippen molar-refractivity contribution in [2.75, 3.05) is 18.1 Å². The second-order valence-corrected chi connectivity index (χ2v) is 6.13. The maximum absolute atomic E-state index is 12.9. The molecule has 0 saturated heterocycles. The van der Waals surface area contributed by atoms with E-state index in [1.165, 1.54) is 12.1 Å². The van der Waals surface area contributed by atoms with Crippen molar-refractivity contribution in [1.82, 2.24) is 0 Å². The molecule has 1 atom stereocenters. The van der Waals surface area contributed by atoms with Crippen LogP contribution >= 0.6 is 0 Å². The van der Waals surface area contributed by atoms with Crippen molar-refractivity contribution in [1.29, 1.82) is 0 Å². The molecule has 0 N–H and O–H groups in total. The first-order chi connectivity index (χ1) is 11.6. The molecule has 0 saturated carbocycles. The van der Waals surface area contributed by atoms with Gasteiger partial charge in [-0.3, -0.25) is 14.9 Å². The summed E-state index contributed by atoms with van der Waals surface area (Å²) in [5.74, 6) is 0.549. The normalized spacial score (nSPS) is 18.5. The van der Waals surface area contributed by atoms with Gasteiger partial charge in [0.15, 0.2) is 0 Å². The highest BCUT2D eigenvalue weighted by Crippen LogP contribution is 2.34. The lowest BCUT2D eigenvalue weighted by Gasteiger charge is -2.28. The van der Waals surface area contributed by atoms with Gasteiger partial charge in [0.2, 0.25) is 5.91 Å². The van der Waals surface area contributed by atoms with Gasteiger partial charge in [-0.25, -0.2) is 0 Å². The van der Waals surface area contributed by atoms with Gasteiger partial charge in [-0.2, -0.15) is 0 Å². The average molecular weight is 324 g/mol. The van der Waals surface area contributed by atoms with Crippen LogP contribution in [-0.4, -0.2) is 24.0 Å². The van der Waals surface area contributed by atoms with E-state index in [9.17, 15) is 14.9 Å². The molecule has 2 aliphatic rings. The van der Waals surface area contributed by atoms with Gasteiger partial charge < -0.3 is 9.64 Å². The molecule has 24 heavy (non-hydrogen) atoms. The Morgan fingerprint density at radius 3 is 2.88 bits per heavy atom. The molecule has 4 rings (SSSR count). The third-order valence-corrected chi connectivity index (χ3v) is 4.67. The fraction of sp³-hybridized carbons (Fsp3) is 0.278. The summed E-state index contributed by atoms with van der Waals surface area (Å²) >= 11 is 0. The van der Waals surface area contributed by atoms with Crippen LogP contribution in [0.3, 0.4) is 0 Å². The number of nitrogens with zero attached hydrogens (tertiary/aromatic N) is 2. The number of nitro benzene ring substituents is 1. The van der Waals surface area contributed by atoms with E-state index in [0.29, 0.717) is 25.3 Å². The number of para-hydroxylation sites is 1. The fourth-order valence-electron chi connectivity index (χ4n) is 3.42. The molecule has 0 fully saturated rings. The van der Waals surface area contributed by atoms with Gasteiger partial charge in [-0.15, -0.1) is 0 Å². The lowest BCUT2D eigenvalue weighted by Crippen LogP contribution is -2.40. The van der Waals surface area contributed by atoms with Gasteiger partial charge in [-0.05, 0) is 30.0 Å². The SMILES string of the molecule is O=C(C1COc2ccccc2C1)N1CCc2ccc([N+](=O)[O-])cc21. The first-order valence-electron chi connectivity index (χ1n) is 7.93. The van der Waals surface area contributed by atoms with Gasteiger partial charge in [0.1, 0.15) is 12.4 Å². The van der Waals surface area contributed by atoms with E-state index in [0.717, 1.165) is 23.3 Å². The first kappa shape index (κ1) is 14.7. The Morgan fingerprint density at radius 2 is 2.04 bits per heavy atom. The number of anilines is 1. The summed E-state index contributed by atoms with van der Waals surface area (Å²) in [6.45, 7) is 0.907. The Balaban J connectivity index is 1.59. The molecular weight excluding hydrogens is 308 g/mol. The second-order valence-electron chi connectivity index (χ2n) is 6.13. The molecule has 0 bridgehead atoms. The fourth-order valence-corrected chi connectivity index (χ4v) is 3.42. The highest BCUT2D eigenvalue weighted by atomic mass is 16.6. The molecule has 0 radical (unpaired) electrons. The van der Waals surface area contributed by atoms with Crippen molar-refractivity contribution in [3.05, 3.63) is 63.7 Å². The summed E-state index contributed by atoms with van der Waals surface area (Å²) in [6, 6.07) is 12.5. The van der Waals surface area contributed by atoms with Crippen LogP contribution in [0, 0.1) is 16.0 Å². The number of hydrogen-bond donors (Lipinski definition) is 0. The van der Waals surface area contributed by atoms with Crippen LogP contribution in [0.1, 0.15) is 11.1 Å². The third-order valence-electron chi connectivity index (χ3n) is 4.67. The molecular formula is C18H16N2O4. The number of hydrogen-bond acceptors (Lipinski definition) is 4. The molecule has 1 amide bonds. The highest BCUT2D eigenvalue weighted by molar-refractivity contribution is 5.97. The Kier molecular flexibility index (Phi) is 3.45. The largest absolute Gasteiger partial charge is 0.492 e. The van der Waals surface area contributed by atoms with Gasteiger partial charge in [0.25, 0.3) is 5.69 Å². The number of benzene rings is 2. The number of ether oxygens (including phenoxy) is 1. The third kappa shape index (κ3) is 2.40. The number of rotatable bonds is 2. The minimum absolute atomic E-state index is 0.0127. The smallest absolute Gasteiger partial charge is 0.271 e. The minimum Gasteiger partial charge on any atom is -0.492 e. The Hall–Kier alpha value is -2.89. The maximum atomic E-state index is 12.9. The van der Waals surface area contributed by atoms with Crippen molar-refractivity contribution < 1.29 is 14.5 Å². The van der Waals surface area contributed by atoms with Crippen LogP contribution in [-0.2, 0) is 17.6 Å². The molecule has 0 spiro atoms. The summed E-state index contributed by atoms with van der Waals surface area (Å²) in [6.07, 6.45) is 1.36. The standard InChI is InChI=1S/C18H16N2O4/c21-18(14-9-13-3-1-2-4-17(13)24-11-14)19-8-7-12-5-6-15(20(22)23)10-16(12)19/h1-6,10,14H,7-9,11H2. The van der Waals surface area contributed by atoms with E-state index in [4.69, 9.17) is 4.74 Å². The number of carbonyl (C=O) groups is 1. The number of non-ortho nitro benzene ring substituents is 1. The summed E-state index contributed by atoms with van der Waals surface area (Å²) in [4.78, 5) is 25.2. The molecule has 2 heterocycles. The molecule has 2 aliphatic heterocycles. The highest BCUT2D eigenvalue weighted by Gasteiger charge is 2.34. The van der Waals surface area contributed by atoms with Crippen LogP contribution in [0.25, 0.3) is 0 Å². The number of amides is 1. The van der Waals surface area contributed by atoms with E-state index >= 15 is 0 Å². The summed E-state index contributed by atoms with van der Waals surface area (Å²) in [5, 5.41) is 11.0. The van der Waals surface area contributed by atoms with E-state index in [-0.39, 0.29) is 17.5 Å². The summed E-state index contributed by atoms with van der Waals surface area (Å²) < 4.78 is 5.71.